The number of anilines is 1. The average Bonchev–Trinajstić information content (AvgIpc) is 2.53. The molecule has 0 aliphatic carbocycles. The van der Waals surface area contributed by atoms with E-state index < -0.39 is 5.41 Å². The molecule has 5 nitrogen and oxygen atoms in total. The second-order valence-electron chi connectivity index (χ2n) is 6.27. The number of pyridine rings is 1. The van der Waals surface area contributed by atoms with Crippen LogP contribution in [0.2, 0.25) is 0 Å². The SMILES string of the molecule is COc1cccc(CC2(C(N)=O)CN(c3ccc(F)c(C)n3)C2)c1. The van der Waals surface area contributed by atoms with Crippen LogP contribution in [0.4, 0.5) is 10.2 Å². The summed E-state index contributed by atoms with van der Waals surface area (Å²) in [5, 5.41) is 0. The molecule has 2 heterocycles. The number of methoxy groups -OCH3 is 1. The van der Waals surface area contributed by atoms with Gasteiger partial charge in [-0.3, -0.25) is 4.79 Å². The molecule has 1 aliphatic rings. The van der Waals surface area contributed by atoms with Gasteiger partial charge in [0.2, 0.25) is 5.91 Å². The summed E-state index contributed by atoms with van der Waals surface area (Å²) in [4.78, 5) is 18.2. The van der Waals surface area contributed by atoms with Crippen molar-refractivity contribution in [2.24, 2.45) is 11.1 Å². The standard InChI is InChI=1S/C18H20FN3O2/c1-12-15(19)6-7-16(21-12)22-10-18(11-22,17(20)23)9-13-4-3-5-14(8-13)24-2/h3-8H,9-11H2,1-2H3,(H2,20,23). The van der Waals surface area contributed by atoms with Gasteiger partial charge in [0.25, 0.3) is 0 Å². The van der Waals surface area contributed by atoms with Crippen LogP contribution in [0.1, 0.15) is 11.3 Å². The van der Waals surface area contributed by atoms with E-state index in [1.807, 2.05) is 29.2 Å². The normalized spacial score (nSPS) is 15.7. The fourth-order valence-corrected chi connectivity index (χ4v) is 3.08. The highest BCUT2D eigenvalue weighted by Crippen LogP contribution is 2.37. The topological polar surface area (TPSA) is 68.5 Å². The van der Waals surface area contributed by atoms with Crippen LogP contribution >= 0.6 is 0 Å². The number of benzene rings is 1. The molecule has 0 unspecified atom stereocenters. The van der Waals surface area contributed by atoms with Gasteiger partial charge in [-0.2, -0.15) is 0 Å². The monoisotopic (exact) mass is 329 g/mol. The Morgan fingerprint density at radius 1 is 1.38 bits per heavy atom. The number of amides is 1. The minimum absolute atomic E-state index is 0.333. The lowest BCUT2D eigenvalue weighted by atomic mass is 9.74. The molecular formula is C18H20FN3O2. The molecule has 3 rings (SSSR count). The van der Waals surface area contributed by atoms with Crippen LogP contribution in [-0.2, 0) is 11.2 Å². The predicted molar refractivity (Wildman–Crippen MR) is 89.5 cm³/mol. The summed E-state index contributed by atoms with van der Waals surface area (Å²) in [7, 11) is 1.61. The van der Waals surface area contributed by atoms with Crippen molar-refractivity contribution in [3.63, 3.8) is 0 Å². The van der Waals surface area contributed by atoms with Crippen LogP contribution in [0.15, 0.2) is 36.4 Å². The van der Waals surface area contributed by atoms with E-state index in [9.17, 15) is 9.18 Å². The van der Waals surface area contributed by atoms with Crippen LogP contribution in [0.3, 0.4) is 0 Å². The van der Waals surface area contributed by atoms with Crippen molar-refractivity contribution in [2.75, 3.05) is 25.1 Å². The van der Waals surface area contributed by atoms with Crippen molar-refractivity contribution in [1.82, 2.24) is 4.98 Å². The third-order valence-electron chi connectivity index (χ3n) is 4.52. The van der Waals surface area contributed by atoms with Crippen molar-refractivity contribution in [2.45, 2.75) is 13.3 Å². The van der Waals surface area contributed by atoms with E-state index in [0.29, 0.717) is 31.0 Å². The van der Waals surface area contributed by atoms with Gasteiger partial charge in [-0.05, 0) is 43.2 Å². The summed E-state index contributed by atoms with van der Waals surface area (Å²) >= 11 is 0. The number of nitrogens with zero attached hydrogens (tertiary/aromatic N) is 2. The molecule has 2 aromatic rings. The zero-order valence-corrected chi connectivity index (χ0v) is 13.8. The smallest absolute Gasteiger partial charge is 0.227 e. The van der Waals surface area contributed by atoms with E-state index in [1.165, 1.54) is 6.07 Å². The summed E-state index contributed by atoms with van der Waals surface area (Å²) in [5.74, 6) is 0.743. The Hall–Kier alpha value is -2.63. The highest BCUT2D eigenvalue weighted by Gasteiger charge is 2.48. The van der Waals surface area contributed by atoms with Crippen LogP contribution in [0, 0.1) is 18.2 Å². The number of halogens is 1. The number of primary amides is 1. The second-order valence-corrected chi connectivity index (χ2v) is 6.27. The minimum Gasteiger partial charge on any atom is -0.497 e. The number of carbonyl (C=O) groups is 1. The molecule has 1 aromatic heterocycles. The van der Waals surface area contributed by atoms with Gasteiger partial charge in [0.1, 0.15) is 17.4 Å². The summed E-state index contributed by atoms with van der Waals surface area (Å²) in [5.41, 5.74) is 6.37. The fraction of sp³-hybridized carbons (Fsp3) is 0.333. The lowest BCUT2D eigenvalue weighted by Gasteiger charge is -2.49. The molecule has 1 aromatic carbocycles. The van der Waals surface area contributed by atoms with E-state index in [2.05, 4.69) is 4.98 Å². The molecule has 1 fully saturated rings. The largest absolute Gasteiger partial charge is 0.497 e. The molecule has 6 heteroatoms. The Labute approximate surface area is 140 Å². The van der Waals surface area contributed by atoms with Gasteiger partial charge in [0.05, 0.1) is 18.2 Å². The first-order valence-corrected chi connectivity index (χ1v) is 7.74. The van der Waals surface area contributed by atoms with Crippen molar-refractivity contribution in [3.05, 3.63) is 53.5 Å². The first kappa shape index (κ1) is 16.2. The average molecular weight is 329 g/mol. The van der Waals surface area contributed by atoms with Gasteiger partial charge in [0.15, 0.2) is 0 Å². The summed E-state index contributed by atoms with van der Waals surface area (Å²) < 4.78 is 18.6. The van der Waals surface area contributed by atoms with E-state index in [0.717, 1.165) is 11.3 Å². The van der Waals surface area contributed by atoms with Gasteiger partial charge in [0, 0.05) is 13.1 Å². The molecule has 0 bridgehead atoms. The Morgan fingerprint density at radius 3 is 2.75 bits per heavy atom. The quantitative estimate of drug-likeness (QED) is 0.912. The minimum atomic E-state index is -0.643. The van der Waals surface area contributed by atoms with Gasteiger partial charge in [-0.25, -0.2) is 9.37 Å². The van der Waals surface area contributed by atoms with Crippen molar-refractivity contribution in [3.8, 4) is 5.75 Å². The lowest BCUT2D eigenvalue weighted by Crippen LogP contribution is -2.64. The Bertz CT molecular complexity index is 773. The van der Waals surface area contributed by atoms with Crippen molar-refractivity contribution >= 4 is 11.7 Å². The number of hydrogen-bond donors (Lipinski definition) is 1. The molecule has 0 saturated carbocycles. The van der Waals surface area contributed by atoms with Crippen LogP contribution < -0.4 is 15.4 Å². The third kappa shape index (κ3) is 2.91. The maximum Gasteiger partial charge on any atom is 0.227 e. The predicted octanol–water partition coefficient (Wildman–Crippen LogP) is 2.07. The van der Waals surface area contributed by atoms with Crippen molar-refractivity contribution in [1.29, 1.82) is 0 Å². The lowest BCUT2D eigenvalue weighted by molar-refractivity contribution is -0.129. The molecule has 1 aliphatic heterocycles. The Balaban J connectivity index is 1.77. The molecule has 24 heavy (non-hydrogen) atoms. The van der Waals surface area contributed by atoms with Gasteiger partial charge >= 0.3 is 0 Å². The zero-order valence-electron chi connectivity index (χ0n) is 13.8. The molecular weight excluding hydrogens is 309 g/mol. The first-order valence-electron chi connectivity index (χ1n) is 7.74. The van der Waals surface area contributed by atoms with Crippen LogP contribution in [0.5, 0.6) is 5.75 Å². The highest BCUT2D eigenvalue weighted by molar-refractivity contribution is 5.85. The Morgan fingerprint density at radius 2 is 2.12 bits per heavy atom. The summed E-state index contributed by atoms with van der Waals surface area (Å²) in [6, 6.07) is 10.6. The van der Waals surface area contributed by atoms with E-state index in [-0.39, 0.29) is 11.7 Å². The molecule has 1 amide bonds. The molecule has 1 saturated heterocycles. The van der Waals surface area contributed by atoms with Gasteiger partial charge < -0.3 is 15.4 Å². The number of rotatable bonds is 5. The molecule has 0 spiro atoms. The fourth-order valence-electron chi connectivity index (χ4n) is 3.08. The summed E-state index contributed by atoms with van der Waals surface area (Å²) in [6.07, 6.45) is 0.538. The molecule has 0 atom stereocenters. The number of ether oxygens (including phenoxy) is 1. The zero-order chi connectivity index (χ0) is 17.3. The van der Waals surface area contributed by atoms with Gasteiger partial charge in [-0.15, -0.1) is 0 Å². The third-order valence-corrected chi connectivity index (χ3v) is 4.52. The number of hydrogen-bond acceptors (Lipinski definition) is 4. The van der Waals surface area contributed by atoms with Crippen molar-refractivity contribution < 1.29 is 13.9 Å². The summed E-state index contributed by atoms with van der Waals surface area (Å²) in [6.45, 7) is 2.56. The number of aromatic nitrogens is 1. The Kier molecular flexibility index (Phi) is 4.13. The molecule has 2 N–H and O–H groups in total. The van der Waals surface area contributed by atoms with Crippen LogP contribution in [-0.4, -0.2) is 31.1 Å². The van der Waals surface area contributed by atoms with Gasteiger partial charge in [-0.1, -0.05) is 12.1 Å². The highest BCUT2D eigenvalue weighted by atomic mass is 19.1. The first-order chi connectivity index (χ1) is 11.4. The maximum absolute atomic E-state index is 13.4. The number of aryl methyl sites for hydroxylation is 1. The molecule has 0 radical (unpaired) electrons. The number of nitrogens with two attached hydrogens (primary N) is 1. The molecule has 126 valence electrons. The second kappa shape index (κ2) is 6.11. The van der Waals surface area contributed by atoms with E-state index in [4.69, 9.17) is 10.5 Å². The van der Waals surface area contributed by atoms with Crippen LogP contribution in [0.25, 0.3) is 0 Å². The van der Waals surface area contributed by atoms with E-state index >= 15 is 0 Å². The number of carbonyl (C=O) groups excluding carboxylic acids is 1. The van der Waals surface area contributed by atoms with E-state index in [1.54, 1.807) is 20.1 Å². The maximum atomic E-state index is 13.4.